The maximum atomic E-state index is 12.6. The second-order valence-corrected chi connectivity index (χ2v) is 7.30. The van der Waals surface area contributed by atoms with Crippen LogP contribution >= 0.6 is 0 Å². The van der Waals surface area contributed by atoms with E-state index in [1.807, 2.05) is 38.1 Å². The molecular weight excluding hydrogens is 328 g/mol. The highest BCUT2D eigenvalue weighted by molar-refractivity contribution is 5.94. The van der Waals surface area contributed by atoms with Crippen molar-refractivity contribution in [3.63, 3.8) is 0 Å². The minimum absolute atomic E-state index is 0.0293. The number of carbonyl (C=O) groups is 1. The van der Waals surface area contributed by atoms with E-state index in [2.05, 4.69) is 11.9 Å². The Morgan fingerprint density at radius 2 is 1.88 bits per heavy atom. The van der Waals surface area contributed by atoms with Crippen LogP contribution in [-0.2, 0) is 0 Å². The lowest BCUT2D eigenvalue weighted by Crippen LogP contribution is -2.49. The number of hydrogen-bond acceptors (Lipinski definition) is 4. The smallest absolute Gasteiger partial charge is 0.255 e. The Kier molecular flexibility index (Phi) is 5.28. The molecule has 0 aliphatic carbocycles. The normalized spacial score (nSPS) is 16.4. The molecule has 5 nitrogen and oxygen atoms in total. The maximum Gasteiger partial charge on any atom is 0.255 e. The number of hydrogen-bond donors (Lipinski definition) is 1. The number of nitrogens with zero attached hydrogens (tertiary/aromatic N) is 2. The topological polar surface area (TPSA) is 62.7 Å². The number of rotatable bonds is 4. The van der Waals surface area contributed by atoms with Crippen molar-refractivity contribution in [1.82, 2.24) is 9.88 Å². The summed E-state index contributed by atoms with van der Waals surface area (Å²) in [5, 5.41) is 10.8. The number of amides is 1. The Bertz CT molecular complexity index is 796. The largest absolute Gasteiger partial charge is 0.491 e. The summed E-state index contributed by atoms with van der Waals surface area (Å²) in [5.74, 6) is 0.740. The Balaban J connectivity index is 1.56. The molecule has 0 atom stereocenters. The number of likely N-dealkylation sites (tertiary alicyclic amines) is 1. The molecular formula is C21H26N2O3. The number of aliphatic hydroxyl groups is 1. The van der Waals surface area contributed by atoms with E-state index in [0.29, 0.717) is 31.5 Å². The maximum absolute atomic E-state index is 12.6. The van der Waals surface area contributed by atoms with Crippen LogP contribution in [0.2, 0.25) is 0 Å². The molecule has 5 heteroatoms. The van der Waals surface area contributed by atoms with Crippen LogP contribution < -0.4 is 4.74 Å². The molecule has 1 saturated heterocycles. The minimum Gasteiger partial charge on any atom is -0.491 e. The van der Waals surface area contributed by atoms with Gasteiger partial charge >= 0.3 is 0 Å². The first-order chi connectivity index (χ1) is 12.4. The highest BCUT2D eigenvalue weighted by Crippen LogP contribution is 2.25. The molecule has 2 aromatic rings. The van der Waals surface area contributed by atoms with Gasteiger partial charge in [-0.05, 0) is 68.5 Å². The van der Waals surface area contributed by atoms with Gasteiger partial charge in [0, 0.05) is 25.5 Å². The van der Waals surface area contributed by atoms with Gasteiger partial charge in [-0.25, -0.2) is 0 Å². The zero-order valence-electron chi connectivity index (χ0n) is 15.7. The van der Waals surface area contributed by atoms with Crippen molar-refractivity contribution in [2.24, 2.45) is 0 Å². The fourth-order valence-electron chi connectivity index (χ4n) is 3.15. The van der Waals surface area contributed by atoms with Crippen LogP contribution in [0, 0.1) is 20.8 Å². The Morgan fingerprint density at radius 3 is 2.54 bits per heavy atom. The minimum atomic E-state index is -0.902. The first-order valence-electron chi connectivity index (χ1n) is 9.00. The molecule has 1 aliphatic heterocycles. The van der Waals surface area contributed by atoms with Crippen LogP contribution in [-0.4, -0.2) is 46.2 Å². The zero-order valence-corrected chi connectivity index (χ0v) is 15.7. The monoisotopic (exact) mass is 354 g/mol. The number of aromatic nitrogens is 1. The third-order valence-corrected chi connectivity index (χ3v) is 5.09. The molecule has 1 aromatic carbocycles. The average Bonchev–Trinajstić information content (AvgIpc) is 2.63. The highest BCUT2D eigenvalue weighted by Gasteiger charge is 2.35. The summed E-state index contributed by atoms with van der Waals surface area (Å²) in [6.07, 6.45) is 4.33. The molecule has 1 N–H and O–H groups in total. The lowest BCUT2D eigenvalue weighted by atomic mass is 9.92. The number of aryl methyl sites for hydroxylation is 3. The molecule has 26 heavy (non-hydrogen) atoms. The van der Waals surface area contributed by atoms with Gasteiger partial charge in [0.15, 0.2) is 0 Å². The van der Waals surface area contributed by atoms with Gasteiger partial charge in [0.2, 0.25) is 0 Å². The second kappa shape index (κ2) is 7.46. The SMILES string of the molecule is Cc1cncc(C(=O)N2CCC(O)(COc3ccc(C)c(C)c3)CC2)c1. The molecule has 0 bridgehead atoms. The molecule has 0 saturated carbocycles. The van der Waals surface area contributed by atoms with Crippen LogP contribution in [0.3, 0.4) is 0 Å². The van der Waals surface area contributed by atoms with Crippen molar-refractivity contribution in [3.05, 3.63) is 58.9 Å². The van der Waals surface area contributed by atoms with Crippen molar-refractivity contribution >= 4 is 5.91 Å². The lowest BCUT2D eigenvalue weighted by molar-refractivity contribution is -0.0475. The van der Waals surface area contributed by atoms with E-state index < -0.39 is 5.60 Å². The molecule has 138 valence electrons. The van der Waals surface area contributed by atoms with Crippen molar-refractivity contribution in [1.29, 1.82) is 0 Å². The van der Waals surface area contributed by atoms with Crippen molar-refractivity contribution < 1.29 is 14.6 Å². The summed E-state index contributed by atoms with van der Waals surface area (Å²) < 4.78 is 5.82. The molecule has 0 spiro atoms. The number of carbonyl (C=O) groups excluding carboxylic acids is 1. The number of pyridine rings is 1. The van der Waals surface area contributed by atoms with Gasteiger partial charge in [-0.2, -0.15) is 0 Å². The van der Waals surface area contributed by atoms with Gasteiger partial charge in [0.05, 0.1) is 5.56 Å². The van der Waals surface area contributed by atoms with E-state index in [1.165, 1.54) is 11.1 Å². The van der Waals surface area contributed by atoms with E-state index in [0.717, 1.165) is 11.3 Å². The summed E-state index contributed by atoms with van der Waals surface area (Å²) in [6.45, 7) is 7.29. The first-order valence-corrected chi connectivity index (χ1v) is 9.00. The van der Waals surface area contributed by atoms with Crippen molar-refractivity contribution in [2.45, 2.75) is 39.2 Å². The third kappa shape index (κ3) is 4.22. The van der Waals surface area contributed by atoms with Crippen LogP contribution in [0.25, 0.3) is 0 Å². The molecule has 3 rings (SSSR count). The Morgan fingerprint density at radius 1 is 1.15 bits per heavy atom. The summed E-state index contributed by atoms with van der Waals surface area (Å²) in [6, 6.07) is 7.78. The molecule has 0 unspecified atom stereocenters. The predicted octanol–water partition coefficient (Wildman–Crippen LogP) is 3.05. The standard InChI is InChI=1S/C21H26N2O3/c1-15-10-18(13-22-12-15)20(24)23-8-6-21(25,7-9-23)14-26-19-5-4-16(2)17(3)11-19/h4-5,10-13,25H,6-9,14H2,1-3H3. The second-order valence-electron chi connectivity index (χ2n) is 7.30. The van der Waals surface area contributed by atoms with Crippen LogP contribution in [0.4, 0.5) is 0 Å². The van der Waals surface area contributed by atoms with Crippen molar-refractivity contribution in [3.8, 4) is 5.75 Å². The number of piperidine rings is 1. The fourth-order valence-corrected chi connectivity index (χ4v) is 3.15. The summed E-state index contributed by atoms with van der Waals surface area (Å²) in [7, 11) is 0. The van der Waals surface area contributed by atoms with Gasteiger partial charge in [0.25, 0.3) is 5.91 Å². The molecule has 0 radical (unpaired) electrons. The quantitative estimate of drug-likeness (QED) is 0.917. The van der Waals surface area contributed by atoms with E-state index in [-0.39, 0.29) is 12.5 Å². The molecule has 1 aromatic heterocycles. The molecule has 2 heterocycles. The van der Waals surface area contributed by atoms with E-state index >= 15 is 0 Å². The zero-order chi connectivity index (χ0) is 18.7. The number of benzene rings is 1. The van der Waals surface area contributed by atoms with Gasteiger partial charge in [-0.3, -0.25) is 9.78 Å². The molecule has 1 fully saturated rings. The van der Waals surface area contributed by atoms with E-state index in [1.54, 1.807) is 17.3 Å². The summed E-state index contributed by atoms with van der Waals surface area (Å²) in [4.78, 5) is 18.5. The van der Waals surface area contributed by atoms with Crippen LogP contribution in [0.5, 0.6) is 5.75 Å². The molecule has 1 amide bonds. The average molecular weight is 354 g/mol. The summed E-state index contributed by atoms with van der Waals surface area (Å²) >= 11 is 0. The van der Waals surface area contributed by atoms with Gasteiger partial charge in [0.1, 0.15) is 18.0 Å². The fraction of sp³-hybridized carbons (Fsp3) is 0.429. The van der Waals surface area contributed by atoms with E-state index in [9.17, 15) is 9.90 Å². The Hall–Kier alpha value is -2.40. The number of ether oxygens (including phenoxy) is 1. The van der Waals surface area contributed by atoms with Gasteiger partial charge in [-0.1, -0.05) is 6.07 Å². The van der Waals surface area contributed by atoms with Gasteiger partial charge in [-0.15, -0.1) is 0 Å². The summed E-state index contributed by atoms with van der Waals surface area (Å²) in [5.41, 5.74) is 3.05. The van der Waals surface area contributed by atoms with Crippen LogP contribution in [0.15, 0.2) is 36.7 Å². The Labute approximate surface area is 154 Å². The molecule has 1 aliphatic rings. The third-order valence-electron chi connectivity index (χ3n) is 5.09. The van der Waals surface area contributed by atoms with Gasteiger partial charge < -0.3 is 14.7 Å². The van der Waals surface area contributed by atoms with Crippen molar-refractivity contribution in [2.75, 3.05) is 19.7 Å². The van der Waals surface area contributed by atoms with Crippen LogP contribution in [0.1, 0.15) is 39.9 Å². The highest BCUT2D eigenvalue weighted by atomic mass is 16.5. The van der Waals surface area contributed by atoms with E-state index in [4.69, 9.17) is 4.74 Å². The lowest BCUT2D eigenvalue weighted by Gasteiger charge is -2.38. The first kappa shape index (κ1) is 18.4. The predicted molar refractivity (Wildman–Crippen MR) is 100 cm³/mol.